The fourth-order valence-electron chi connectivity index (χ4n) is 1.02. The van der Waals surface area contributed by atoms with E-state index >= 15 is 0 Å². The number of aliphatic carboxylic acids is 1. The molecule has 5 nitrogen and oxygen atoms in total. The van der Waals surface area contributed by atoms with Crippen molar-refractivity contribution in [2.45, 2.75) is 52.1 Å². The predicted molar refractivity (Wildman–Crippen MR) is 62.2 cm³/mol. The SMILES string of the molecule is CC(C)(C)NCCC(=O)NC(C)(C)C(=O)O. The Bertz CT molecular complexity index is 267. The van der Waals surface area contributed by atoms with Crippen LogP contribution < -0.4 is 10.6 Å². The van der Waals surface area contributed by atoms with Gasteiger partial charge in [-0.3, -0.25) is 4.79 Å². The molecule has 0 unspecified atom stereocenters. The Morgan fingerprint density at radius 1 is 1.12 bits per heavy atom. The molecule has 0 heterocycles. The lowest BCUT2D eigenvalue weighted by Crippen LogP contribution is -2.50. The lowest BCUT2D eigenvalue weighted by Gasteiger charge is -2.23. The Balaban J connectivity index is 3.97. The maximum absolute atomic E-state index is 11.4. The fourth-order valence-corrected chi connectivity index (χ4v) is 1.02. The molecule has 0 spiro atoms. The van der Waals surface area contributed by atoms with Gasteiger partial charge in [0.05, 0.1) is 0 Å². The maximum Gasteiger partial charge on any atom is 0.328 e. The fraction of sp³-hybridized carbons (Fsp3) is 0.818. The number of carboxylic acids is 1. The van der Waals surface area contributed by atoms with Crippen molar-refractivity contribution < 1.29 is 14.7 Å². The third-order valence-electron chi connectivity index (χ3n) is 1.99. The van der Waals surface area contributed by atoms with E-state index < -0.39 is 11.5 Å². The molecule has 3 N–H and O–H groups in total. The standard InChI is InChI=1S/C11H22N2O3/c1-10(2,3)12-7-6-8(14)13-11(4,5)9(15)16/h12H,6-7H2,1-5H3,(H,13,14)(H,15,16). The lowest BCUT2D eigenvalue weighted by molar-refractivity contribution is -0.146. The molecule has 0 saturated carbocycles. The van der Waals surface area contributed by atoms with Gasteiger partial charge in [-0.15, -0.1) is 0 Å². The number of carbonyl (C=O) groups is 2. The molecule has 0 fully saturated rings. The highest BCUT2D eigenvalue weighted by Gasteiger charge is 2.28. The molecule has 0 aliphatic rings. The van der Waals surface area contributed by atoms with E-state index in [0.29, 0.717) is 6.54 Å². The van der Waals surface area contributed by atoms with E-state index in [1.54, 1.807) is 0 Å². The summed E-state index contributed by atoms with van der Waals surface area (Å²) in [5.74, 6) is -1.30. The van der Waals surface area contributed by atoms with Crippen molar-refractivity contribution >= 4 is 11.9 Å². The summed E-state index contributed by atoms with van der Waals surface area (Å²) in [6, 6.07) is 0. The number of carboxylic acid groups (broad SMARTS) is 1. The second-order valence-corrected chi connectivity index (χ2v) is 5.41. The molecule has 0 atom stereocenters. The molecule has 0 aromatic carbocycles. The van der Waals surface area contributed by atoms with E-state index in [2.05, 4.69) is 10.6 Å². The summed E-state index contributed by atoms with van der Waals surface area (Å²) in [6.07, 6.45) is 0.272. The van der Waals surface area contributed by atoms with Crippen LogP contribution in [0.5, 0.6) is 0 Å². The van der Waals surface area contributed by atoms with Gasteiger partial charge in [-0.2, -0.15) is 0 Å². The number of amides is 1. The third kappa shape index (κ3) is 6.40. The van der Waals surface area contributed by atoms with Crippen molar-refractivity contribution in [2.75, 3.05) is 6.54 Å². The van der Waals surface area contributed by atoms with Crippen LogP contribution in [0.3, 0.4) is 0 Å². The Morgan fingerprint density at radius 3 is 2.00 bits per heavy atom. The summed E-state index contributed by atoms with van der Waals surface area (Å²) in [4.78, 5) is 22.2. The molecule has 16 heavy (non-hydrogen) atoms. The molecular weight excluding hydrogens is 208 g/mol. The van der Waals surface area contributed by atoms with Gasteiger partial charge in [0.15, 0.2) is 0 Å². The molecule has 0 aliphatic carbocycles. The van der Waals surface area contributed by atoms with Crippen LogP contribution >= 0.6 is 0 Å². The Hall–Kier alpha value is -1.10. The first-order valence-corrected chi connectivity index (χ1v) is 5.34. The van der Waals surface area contributed by atoms with Gasteiger partial charge in [0.1, 0.15) is 5.54 Å². The Labute approximate surface area is 96.6 Å². The Kier molecular flexibility index (Phi) is 4.93. The van der Waals surface area contributed by atoms with E-state index in [9.17, 15) is 9.59 Å². The van der Waals surface area contributed by atoms with Gasteiger partial charge in [0.2, 0.25) is 5.91 Å². The van der Waals surface area contributed by atoms with Gasteiger partial charge in [-0.25, -0.2) is 4.79 Å². The van der Waals surface area contributed by atoms with Crippen molar-refractivity contribution in [3.8, 4) is 0 Å². The van der Waals surface area contributed by atoms with Gasteiger partial charge in [-0.1, -0.05) is 0 Å². The van der Waals surface area contributed by atoms with Crippen LogP contribution in [0.4, 0.5) is 0 Å². The van der Waals surface area contributed by atoms with E-state index in [-0.39, 0.29) is 17.9 Å². The van der Waals surface area contributed by atoms with Crippen LogP contribution in [0.25, 0.3) is 0 Å². The first kappa shape index (κ1) is 14.9. The van der Waals surface area contributed by atoms with E-state index in [1.807, 2.05) is 20.8 Å². The molecular formula is C11H22N2O3. The van der Waals surface area contributed by atoms with Crippen LogP contribution in [-0.4, -0.2) is 34.6 Å². The minimum atomic E-state index is -1.21. The molecule has 1 amide bonds. The molecule has 0 aromatic heterocycles. The number of nitrogens with one attached hydrogen (secondary N) is 2. The molecule has 0 radical (unpaired) electrons. The summed E-state index contributed by atoms with van der Waals surface area (Å²) >= 11 is 0. The smallest absolute Gasteiger partial charge is 0.328 e. The molecule has 0 aliphatic heterocycles. The summed E-state index contributed by atoms with van der Waals surface area (Å²) < 4.78 is 0. The monoisotopic (exact) mass is 230 g/mol. The zero-order valence-corrected chi connectivity index (χ0v) is 10.7. The second kappa shape index (κ2) is 5.30. The van der Waals surface area contributed by atoms with E-state index in [4.69, 9.17) is 5.11 Å². The van der Waals surface area contributed by atoms with Gasteiger partial charge in [0, 0.05) is 18.5 Å². The first-order chi connectivity index (χ1) is 7.04. The molecule has 0 rings (SSSR count). The van der Waals surface area contributed by atoms with Crippen molar-refractivity contribution in [2.24, 2.45) is 0 Å². The van der Waals surface area contributed by atoms with E-state index in [1.165, 1.54) is 13.8 Å². The quantitative estimate of drug-likeness (QED) is 0.651. The Morgan fingerprint density at radius 2 is 1.62 bits per heavy atom. The minimum absolute atomic E-state index is 0.0391. The van der Waals surface area contributed by atoms with Crippen molar-refractivity contribution in [3.05, 3.63) is 0 Å². The predicted octanol–water partition coefficient (Wildman–Crippen LogP) is 0.744. The minimum Gasteiger partial charge on any atom is -0.480 e. The first-order valence-electron chi connectivity index (χ1n) is 5.34. The maximum atomic E-state index is 11.4. The normalized spacial score (nSPS) is 12.3. The summed E-state index contributed by atoms with van der Waals surface area (Å²) in [7, 11) is 0. The van der Waals surface area contributed by atoms with Crippen LogP contribution in [0.1, 0.15) is 41.0 Å². The van der Waals surface area contributed by atoms with E-state index in [0.717, 1.165) is 0 Å². The van der Waals surface area contributed by atoms with Gasteiger partial charge < -0.3 is 15.7 Å². The number of rotatable bonds is 5. The molecule has 0 bridgehead atoms. The average molecular weight is 230 g/mol. The number of carbonyl (C=O) groups excluding carboxylic acids is 1. The topological polar surface area (TPSA) is 78.4 Å². The highest BCUT2D eigenvalue weighted by Crippen LogP contribution is 2.02. The lowest BCUT2D eigenvalue weighted by atomic mass is 10.1. The molecule has 94 valence electrons. The summed E-state index contributed by atoms with van der Waals surface area (Å²) in [5.41, 5.74) is -1.25. The zero-order valence-electron chi connectivity index (χ0n) is 10.7. The van der Waals surface area contributed by atoms with Crippen molar-refractivity contribution in [3.63, 3.8) is 0 Å². The van der Waals surface area contributed by atoms with Crippen LogP contribution in [0.2, 0.25) is 0 Å². The molecule has 5 heteroatoms. The third-order valence-corrected chi connectivity index (χ3v) is 1.99. The summed E-state index contributed by atoms with van der Waals surface area (Å²) in [5, 5.41) is 14.4. The highest BCUT2D eigenvalue weighted by molar-refractivity contribution is 5.86. The summed E-state index contributed by atoms with van der Waals surface area (Å²) in [6.45, 7) is 9.48. The molecule has 0 saturated heterocycles. The van der Waals surface area contributed by atoms with Crippen LogP contribution in [0.15, 0.2) is 0 Å². The average Bonchev–Trinajstić information content (AvgIpc) is 1.99. The largest absolute Gasteiger partial charge is 0.480 e. The zero-order chi connectivity index (χ0) is 13.0. The second-order valence-electron chi connectivity index (χ2n) is 5.41. The van der Waals surface area contributed by atoms with Gasteiger partial charge in [0.25, 0.3) is 0 Å². The van der Waals surface area contributed by atoms with Crippen LogP contribution in [0, 0.1) is 0 Å². The highest BCUT2D eigenvalue weighted by atomic mass is 16.4. The van der Waals surface area contributed by atoms with Gasteiger partial charge in [-0.05, 0) is 34.6 Å². The number of hydrogen-bond acceptors (Lipinski definition) is 3. The van der Waals surface area contributed by atoms with Crippen molar-refractivity contribution in [1.82, 2.24) is 10.6 Å². The number of hydrogen-bond donors (Lipinski definition) is 3. The van der Waals surface area contributed by atoms with Gasteiger partial charge >= 0.3 is 5.97 Å². The van der Waals surface area contributed by atoms with Crippen LogP contribution in [-0.2, 0) is 9.59 Å². The van der Waals surface area contributed by atoms with Crippen molar-refractivity contribution in [1.29, 1.82) is 0 Å². The molecule has 0 aromatic rings.